The van der Waals surface area contributed by atoms with Crippen LogP contribution in [0.3, 0.4) is 0 Å². The first kappa shape index (κ1) is 13.8. The molecule has 0 saturated heterocycles. The molecule has 0 unspecified atom stereocenters. The first-order valence-electron chi connectivity index (χ1n) is 7.55. The molecule has 3 nitrogen and oxygen atoms in total. The summed E-state index contributed by atoms with van der Waals surface area (Å²) in [6.45, 7) is 5.03. The molecule has 1 N–H and O–H groups in total. The van der Waals surface area contributed by atoms with Crippen LogP contribution in [0.5, 0.6) is 0 Å². The van der Waals surface area contributed by atoms with E-state index in [0.29, 0.717) is 0 Å². The van der Waals surface area contributed by atoms with Crippen LogP contribution in [0, 0.1) is 0 Å². The van der Waals surface area contributed by atoms with E-state index < -0.39 is 0 Å². The predicted molar refractivity (Wildman–Crippen MR) is 87.3 cm³/mol. The summed E-state index contributed by atoms with van der Waals surface area (Å²) in [5.41, 5.74) is 4.03. The number of aryl methyl sites for hydroxylation is 1. The summed E-state index contributed by atoms with van der Waals surface area (Å²) in [6.07, 6.45) is 6.98. The molecule has 0 bridgehead atoms. The average Bonchev–Trinajstić information content (AvgIpc) is 2.96. The molecule has 3 rings (SSSR count). The van der Waals surface area contributed by atoms with Gasteiger partial charge in [-0.2, -0.15) is 0 Å². The molecule has 0 fully saturated rings. The van der Waals surface area contributed by atoms with Crippen LogP contribution < -0.4 is 5.32 Å². The monoisotopic (exact) mass is 279 g/mol. The number of aromatic nitrogens is 2. The fraction of sp³-hybridized carbons (Fsp3) is 0.278. The molecule has 0 aliphatic heterocycles. The summed E-state index contributed by atoms with van der Waals surface area (Å²) in [5.74, 6) is 0. The summed E-state index contributed by atoms with van der Waals surface area (Å²) in [5, 5.41) is 4.82. The van der Waals surface area contributed by atoms with Gasteiger partial charge in [-0.25, -0.2) is 0 Å². The van der Waals surface area contributed by atoms with Crippen LogP contribution in [0.2, 0.25) is 0 Å². The summed E-state index contributed by atoms with van der Waals surface area (Å²) in [6, 6.07) is 12.8. The highest BCUT2D eigenvalue weighted by Gasteiger charge is 2.04. The van der Waals surface area contributed by atoms with E-state index in [-0.39, 0.29) is 0 Å². The van der Waals surface area contributed by atoms with Crippen molar-refractivity contribution >= 4 is 10.9 Å². The van der Waals surface area contributed by atoms with Gasteiger partial charge in [0.25, 0.3) is 0 Å². The minimum atomic E-state index is 0.869. The van der Waals surface area contributed by atoms with E-state index in [0.717, 1.165) is 26.1 Å². The Labute approximate surface area is 125 Å². The zero-order valence-corrected chi connectivity index (χ0v) is 12.4. The minimum absolute atomic E-state index is 0.869. The molecule has 0 amide bonds. The molecule has 0 radical (unpaired) electrons. The van der Waals surface area contributed by atoms with Crippen molar-refractivity contribution in [2.75, 3.05) is 6.54 Å². The fourth-order valence-corrected chi connectivity index (χ4v) is 2.75. The largest absolute Gasteiger partial charge is 0.346 e. The predicted octanol–water partition coefficient (Wildman–Crippen LogP) is 3.39. The second kappa shape index (κ2) is 6.55. The van der Waals surface area contributed by atoms with Gasteiger partial charge in [-0.3, -0.25) is 4.98 Å². The van der Waals surface area contributed by atoms with Gasteiger partial charge in [-0.15, -0.1) is 0 Å². The molecule has 1 aromatic carbocycles. The molecule has 0 aliphatic rings. The van der Waals surface area contributed by atoms with Gasteiger partial charge in [0, 0.05) is 38.2 Å². The number of nitrogens with zero attached hydrogens (tertiary/aromatic N) is 2. The minimum Gasteiger partial charge on any atom is -0.346 e. The van der Waals surface area contributed by atoms with Gasteiger partial charge in [-0.1, -0.05) is 31.2 Å². The van der Waals surface area contributed by atoms with Crippen LogP contribution in [0.25, 0.3) is 10.9 Å². The molecule has 108 valence electrons. The van der Waals surface area contributed by atoms with Gasteiger partial charge < -0.3 is 9.88 Å². The highest BCUT2D eigenvalue weighted by Crippen LogP contribution is 2.20. The van der Waals surface area contributed by atoms with Gasteiger partial charge in [0.1, 0.15) is 0 Å². The highest BCUT2D eigenvalue weighted by molar-refractivity contribution is 5.83. The van der Waals surface area contributed by atoms with Crippen LogP contribution >= 0.6 is 0 Å². The number of rotatable bonds is 6. The first-order valence-corrected chi connectivity index (χ1v) is 7.55. The third-order valence-corrected chi connectivity index (χ3v) is 3.83. The standard InChI is InChI=1S/C18H21N3/c1-2-16-6-3-7-17-8-11-21(18(16)17)12-10-20-14-15-5-4-9-19-13-15/h3-9,11,13,20H,2,10,12,14H2,1H3. The second-order valence-electron chi connectivity index (χ2n) is 5.26. The lowest BCUT2D eigenvalue weighted by Gasteiger charge is -2.10. The number of hydrogen-bond acceptors (Lipinski definition) is 2. The van der Waals surface area contributed by atoms with Crippen molar-refractivity contribution in [1.29, 1.82) is 0 Å². The summed E-state index contributed by atoms with van der Waals surface area (Å²) >= 11 is 0. The zero-order chi connectivity index (χ0) is 14.5. The van der Waals surface area contributed by atoms with Crippen molar-refractivity contribution in [2.45, 2.75) is 26.4 Å². The van der Waals surface area contributed by atoms with Crippen LogP contribution in [-0.2, 0) is 19.5 Å². The van der Waals surface area contributed by atoms with Crippen LogP contribution in [-0.4, -0.2) is 16.1 Å². The van der Waals surface area contributed by atoms with Gasteiger partial charge in [0.05, 0.1) is 5.52 Å². The number of nitrogens with one attached hydrogen (secondary N) is 1. The molecular formula is C18H21N3. The van der Waals surface area contributed by atoms with Crippen molar-refractivity contribution in [1.82, 2.24) is 14.9 Å². The highest BCUT2D eigenvalue weighted by atomic mass is 15.0. The Morgan fingerprint density at radius 3 is 2.90 bits per heavy atom. The van der Waals surface area contributed by atoms with Gasteiger partial charge in [-0.05, 0) is 35.1 Å². The summed E-state index contributed by atoms with van der Waals surface area (Å²) in [4.78, 5) is 4.13. The topological polar surface area (TPSA) is 29.9 Å². The Balaban J connectivity index is 1.63. The summed E-state index contributed by atoms with van der Waals surface area (Å²) in [7, 11) is 0. The Kier molecular flexibility index (Phi) is 4.31. The number of hydrogen-bond donors (Lipinski definition) is 1. The number of pyridine rings is 1. The van der Waals surface area contributed by atoms with Crippen LogP contribution in [0.1, 0.15) is 18.1 Å². The van der Waals surface area contributed by atoms with Gasteiger partial charge in [0.2, 0.25) is 0 Å². The lowest BCUT2D eigenvalue weighted by atomic mass is 10.1. The second-order valence-corrected chi connectivity index (χ2v) is 5.26. The van der Waals surface area contributed by atoms with E-state index in [1.54, 1.807) is 0 Å². The molecule has 2 aromatic heterocycles. The molecule has 21 heavy (non-hydrogen) atoms. The van der Waals surface area contributed by atoms with E-state index in [4.69, 9.17) is 0 Å². The van der Waals surface area contributed by atoms with E-state index in [2.05, 4.69) is 58.3 Å². The lowest BCUT2D eigenvalue weighted by molar-refractivity contribution is 0.608. The molecule has 0 spiro atoms. The molecule has 2 heterocycles. The molecule has 3 aromatic rings. The first-order chi connectivity index (χ1) is 10.4. The van der Waals surface area contributed by atoms with Crippen molar-refractivity contribution in [3.8, 4) is 0 Å². The number of fused-ring (bicyclic) bond motifs is 1. The molecule has 0 saturated carbocycles. The van der Waals surface area contributed by atoms with Gasteiger partial charge in [0.15, 0.2) is 0 Å². The fourth-order valence-electron chi connectivity index (χ4n) is 2.75. The van der Waals surface area contributed by atoms with Crippen LogP contribution in [0.15, 0.2) is 55.0 Å². The maximum absolute atomic E-state index is 4.13. The Morgan fingerprint density at radius 2 is 2.10 bits per heavy atom. The van der Waals surface area contributed by atoms with Crippen LogP contribution in [0.4, 0.5) is 0 Å². The van der Waals surface area contributed by atoms with Crippen molar-refractivity contribution in [3.05, 3.63) is 66.1 Å². The molecule has 0 aliphatic carbocycles. The Morgan fingerprint density at radius 1 is 1.14 bits per heavy atom. The molecule has 3 heteroatoms. The van der Waals surface area contributed by atoms with E-state index >= 15 is 0 Å². The molecular weight excluding hydrogens is 258 g/mol. The van der Waals surface area contributed by atoms with Gasteiger partial charge >= 0.3 is 0 Å². The van der Waals surface area contributed by atoms with Crippen molar-refractivity contribution < 1.29 is 0 Å². The normalized spacial score (nSPS) is 11.1. The average molecular weight is 279 g/mol. The smallest absolute Gasteiger partial charge is 0.0513 e. The SMILES string of the molecule is CCc1cccc2ccn(CCNCc3cccnc3)c12. The number of benzene rings is 1. The van der Waals surface area contributed by atoms with E-state index in [1.807, 2.05) is 18.5 Å². The quantitative estimate of drug-likeness (QED) is 0.701. The lowest BCUT2D eigenvalue weighted by Crippen LogP contribution is -2.19. The third kappa shape index (κ3) is 3.14. The van der Waals surface area contributed by atoms with E-state index in [9.17, 15) is 0 Å². The molecule has 0 atom stereocenters. The Bertz CT molecular complexity index is 701. The maximum atomic E-state index is 4.13. The maximum Gasteiger partial charge on any atom is 0.0513 e. The van der Waals surface area contributed by atoms with Crippen molar-refractivity contribution in [2.24, 2.45) is 0 Å². The number of para-hydroxylation sites is 1. The Hall–Kier alpha value is -2.13. The van der Waals surface area contributed by atoms with E-state index in [1.165, 1.54) is 22.0 Å². The summed E-state index contributed by atoms with van der Waals surface area (Å²) < 4.78 is 2.35. The zero-order valence-electron chi connectivity index (χ0n) is 12.4. The van der Waals surface area contributed by atoms with Crippen molar-refractivity contribution in [3.63, 3.8) is 0 Å². The third-order valence-electron chi connectivity index (χ3n) is 3.83.